The number of hydrogen-bond donors (Lipinski definition) is 20. The number of carbonyl (C=O) groups excluding carboxylic acids is 12. The van der Waals surface area contributed by atoms with Crippen LogP contribution in [0.2, 0.25) is 0 Å². The minimum Gasteiger partial charge on any atom is -0.508 e. The third-order valence-electron chi connectivity index (χ3n) is 15.9. The molecule has 0 unspecified atom stereocenters. The highest BCUT2D eigenvalue weighted by molar-refractivity contribution is 8.77. The highest BCUT2D eigenvalue weighted by atomic mass is 33.1. The van der Waals surface area contributed by atoms with E-state index >= 15 is 24.0 Å². The molecule has 2 heterocycles. The fourth-order valence-electron chi connectivity index (χ4n) is 10.3. The standard InChI is InChI=1S/C64H102N22O13S4/c1-32(2)25-38(65)51(89)81-44-28-100-103-31-47(59(97)85-48(33(3)4)50(66)88)84-61(99)49(34(5)6)86-60(98)46-30-102-101-29-45(83-56(94)43(80-58(44)96)27-36-18-20-37(87)21-19-36)57(95)78-40(16-11-23-74-63(69)70)53(91)79-42(26-35-13-8-7-9-14-35)55(93)77-39(15-10-22-73-62(67)68)52(90)76-41(54(92)82-46)17-12-24-75-64(71)72/h7-9,13-14,18-21,32-34,38-49,87H,10-12,15-17,22-31,65H2,1-6H3,(H2,66,88)(H,76,90)(H,77,93)(H,78,95)(H,79,91)(H,80,96)(H,81,89)(H,82,92)(H,83,94)(H,84,99)(H,85,97)(H,86,98)(H4,67,68,73)(H4,69,70,74)(H4,71,72,75)/t38-,39-,40-,41-,42-,43-,44-,45-,46-,47-,48-,49-/m0/s1. The van der Waals surface area contributed by atoms with Gasteiger partial charge in [0, 0.05) is 55.5 Å². The first kappa shape index (κ1) is 86.5. The zero-order valence-electron chi connectivity index (χ0n) is 58.6. The van der Waals surface area contributed by atoms with E-state index in [2.05, 4.69) is 73.5 Å². The van der Waals surface area contributed by atoms with E-state index in [4.69, 9.17) is 45.9 Å². The number of rotatable bonds is 25. The van der Waals surface area contributed by atoms with Crippen molar-refractivity contribution in [3.05, 3.63) is 65.7 Å². The highest BCUT2D eigenvalue weighted by Crippen LogP contribution is 2.26. The molecule has 28 N–H and O–H groups in total. The summed E-state index contributed by atoms with van der Waals surface area (Å²) >= 11 is 0. The van der Waals surface area contributed by atoms with Crippen LogP contribution in [-0.4, -0.2) is 209 Å². The van der Waals surface area contributed by atoms with Gasteiger partial charge in [-0.1, -0.05) is 127 Å². The maximum absolute atomic E-state index is 15.2. The molecular weight excluding hydrogens is 1410 g/mol. The number of fused-ring (bicyclic) bond motifs is 5. The van der Waals surface area contributed by atoms with Crippen molar-refractivity contribution in [3.8, 4) is 5.75 Å². The van der Waals surface area contributed by atoms with E-state index in [9.17, 15) is 38.7 Å². The lowest BCUT2D eigenvalue weighted by molar-refractivity contribution is -0.136. The maximum Gasteiger partial charge on any atom is 0.244 e. The van der Waals surface area contributed by atoms with Gasteiger partial charge in [0.2, 0.25) is 70.9 Å². The lowest BCUT2D eigenvalue weighted by Crippen LogP contribution is -2.62. The smallest absolute Gasteiger partial charge is 0.244 e. The quantitative estimate of drug-likeness (QED) is 0.0193. The largest absolute Gasteiger partial charge is 0.508 e. The van der Waals surface area contributed by atoms with Gasteiger partial charge in [-0.25, -0.2) is 0 Å². The predicted octanol–water partition coefficient (Wildman–Crippen LogP) is -4.37. The van der Waals surface area contributed by atoms with Crippen molar-refractivity contribution in [2.75, 3.05) is 42.6 Å². The van der Waals surface area contributed by atoms with Gasteiger partial charge >= 0.3 is 0 Å². The van der Waals surface area contributed by atoms with Crippen LogP contribution in [-0.2, 0) is 70.4 Å². The average molecular weight is 1520 g/mol. The molecule has 570 valence electrons. The second kappa shape index (κ2) is 44.5. The van der Waals surface area contributed by atoms with Crippen molar-refractivity contribution in [3.63, 3.8) is 0 Å². The van der Waals surface area contributed by atoms with E-state index in [1.54, 1.807) is 58.0 Å². The van der Waals surface area contributed by atoms with Gasteiger partial charge in [-0.15, -0.1) is 0 Å². The SMILES string of the molecule is CC(C)C[C@H](N)C(=O)N[C@H]1CSSC[C@@H](C(=O)N[C@H](C(N)=O)C(C)C)NC(=O)[C@H](C(C)C)NC(=O)[C@@H]2CSSC[C@H](NC(=O)[C@H](Cc3ccc(O)cc3)NC1=O)C(=O)N[C@@H](CCCN=C(N)N)C(=O)N[C@@H](Cc1ccccc1)C(=O)N[C@@H](CCCN=C(N)N)C(=O)N[C@@H](CCCN=C(N)N)C(=O)N2. The first-order valence-electron chi connectivity index (χ1n) is 33.6. The molecule has 0 spiro atoms. The van der Waals surface area contributed by atoms with Gasteiger partial charge in [0.1, 0.15) is 72.2 Å². The minimum atomic E-state index is -1.65. The summed E-state index contributed by atoms with van der Waals surface area (Å²) in [6.07, 6.45) is -0.647. The van der Waals surface area contributed by atoms with Crippen LogP contribution >= 0.6 is 43.2 Å². The Morgan fingerprint density at radius 1 is 0.495 bits per heavy atom. The summed E-state index contributed by atoms with van der Waals surface area (Å²) in [5.74, 6) is -14.6. The molecule has 0 aliphatic carbocycles. The molecule has 103 heavy (non-hydrogen) atoms. The van der Waals surface area contributed by atoms with Crippen LogP contribution in [0.4, 0.5) is 0 Å². The molecule has 2 aromatic carbocycles. The summed E-state index contributed by atoms with van der Waals surface area (Å²) < 4.78 is 0. The molecule has 2 fully saturated rings. The molecule has 0 saturated carbocycles. The fourth-order valence-corrected chi connectivity index (χ4v) is 15.0. The fraction of sp³-hybridized carbons (Fsp3) is 0.578. The van der Waals surface area contributed by atoms with Crippen molar-refractivity contribution in [2.24, 2.45) is 78.6 Å². The summed E-state index contributed by atoms with van der Waals surface area (Å²) in [6, 6.07) is -3.55. The molecule has 0 radical (unpaired) electrons. The number of nitrogens with one attached hydrogen (secondary N) is 11. The number of nitrogens with two attached hydrogens (primary N) is 8. The van der Waals surface area contributed by atoms with Gasteiger partial charge in [-0.05, 0) is 86.0 Å². The molecule has 39 heteroatoms. The Labute approximate surface area is 614 Å². The summed E-state index contributed by atoms with van der Waals surface area (Å²) in [4.78, 5) is 188. The maximum atomic E-state index is 15.2. The van der Waals surface area contributed by atoms with E-state index in [0.29, 0.717) is 11.1 Å². The molecular formula is C64H102N22O13S4. The molecule has 2 bridgehead atoms. The Morgan fingerprint density at radius 2 is 0.903 bits per heavy atom. The Balaban J connectivity index is 2.05. The Kier molecular flexibility index (Phi) is 37.4. The molecule has 2 aromatic rings. The summed E-state index contributed by atoms with van der Waals surface area (Å²) in [6.45, 7) is 10.0. The van der Waals surface area contributed by atoms with E-state index in [0.717, 1.165) is 43.2 Å². The first-order valence-corrected chi connectivity index (χ1v) is 38.6. The molecule has 4 rings (SSSR count). The highest BCUT2D eigenvalue weighted by Gasteiger charge is 2.39. The van der Waals surface area contributed by atoms with Gasteiger partial charge in [0.25, 0.3) is 0 Å². The van der Waals surface area contributed by atoms with E-state index < -0.39 is 161 Å². The normalized spacial score (nSPS) is 23.4. The summed E-state index contributed by atoms with van der Waals surface area (Å²) in [7, 11) is 3.71. The van der Waals surface area contributed by atoms with Crippen molar-refractivity contribution in [1.82, 2.24) is 58.5 Å². The van der Waals surface area contributed by atoms with Crippen LogP contribution in [0.25, 0.3) is 0 Å². The van der Waals surface area contributed by atoms with Crippen LogP contribution in [0.5, 0.6) is 5.75 Å². The predicted molar refractivity (Wildman–Crippen MR) is 399 cm³/mol. The number of carbonyl (C=O) groups is 12. The Bertz CT molecular complexity index is 3290. The monoisotopic (exact) mass is 1510 g/mol. The van der Waals surface area contributed by atoms with E-state index in [1.165, 1.54) is 24.3 Å². The number of aromatic hydroxyl groups is 1. The molecule has 35 nitrogen and oxygen atoms in total. The molecule has 2 aliphatic heterocycles. The van der Waals surface area contributed by atoms with Gasteiger partial charge in [0.15, 0.2) is 17.9 Å². The van der Waals surface area contributed by atoms with Crippen LogP contribution < -0.4 is 104 Å². The number of aliphatic imine (C=N–C) groups is 3. The first-order chi connectivity index (χ1) is 48.7. The number of primary amides is 1. The zero-order chi connectivity index (χ0) is 76.5. The lowest BCUT2D eigenvalue weighted by Gasteiger charge is -2.30. The number of phenols is 1. The third-order valence-corrected chi connectivity index (χ3v) is 20.7. The molecule has 12 amide bonds. The van der Waals surface area contributed by atoms with Crippen molar-refractivity contribution in [2.45, 2.75) is 172 Å². The number of nitrogens with zero attached hydrogens (tertiary/aromatic N) is 3. The summed E-state index contributed by atoms with van der Waals surface area (Å²) in [5.41, 5.74) is 46.9. The summed E-state index contributed by atoms with van der Waals surface area (Å²) in [5, 5.41) is 40.1. The van der Waals surface area contributed by atoms with Gasteiger partial charge in [-0.3, -0.25) is 72.5 Å². The van der Waals surface area contributed by atoms with E-state index in [-0.39, 0.29) is 124 Å². The molecule has 0 aromatic heterocycles. The number of phenolic OH excluding ortho intramolecular Hbond substituents is 1. The third kappa shape index (κ3) is 31.7. The van der Waals surface area contributed by atoms with Crippen molar-refractivity contribution in [1.29, 1.82) is 0 Å². The topological polar surface area (TPSA) is 603 Å². The zero-order valence-corrected chi connectivity index (χ0v) is 61.9. The van der Waals surface area contributed by atoms with Gasteiger partial charge in [-0.2, -0.15) is 0 Å². The van der Waals surface area contributed by atoms with Gasteiger partial charge in [0.05, 0.1) is 6.04 Å². The second-order valence-corrected chi connectivity index (χ2v) is 30.8. The lowest BCUT2D eigenvalue weighted by atomic mass is 10.0. The van der Waals surface area contributed by atoms with Crippen LogP contribution in [0.3, 0.4) is 0 Å². The molecule has 2 saturated heterocycles. The Hall–Kier alpha value is -8.95. The van der Waals surface area contributed by atoms with Crippen LogP contribution in [0.15, 0.2) is 69.6 Å². The number of hydrogen-bond acceptors (Lipinski definition) is 21. The number of benzene rings is 2. The van der Waals surface area contributed by atoms with E-state index in [1.807, 2.05) is 13.8 Å². The van der Waals surface area contributed by atoms with Crippen LogP contribution in [0.1, 0.15) is 97.6 Å². The molecule has 12 atom stereocenters. The van der Waals surface area contributed by atoms with Gasteiger partial charge < -0.3 is 109 Å². The average Bonchev–Trinajstić information content (AvgIpc) is 0.855. The van der Waals surface area contributed by atoms with Crippen molar-refractivity contribution >= 4 is 132 Å². The van der Waals surface area contributed by atoms with Crippen LogP contribution in [0, 0.1) is 17.8 Å². The number of amides is 12. The number of guanidine groups is 3. The minimum absolute atomic E-state index is 0.0268. The Morgan fingerprint density at radius 3 is 1.36 bits per heavy atom. The second-order valence-electron chi connectivity index (χ2n) is 25.7. The molecule has 2 aliphatic rings. The van der Waals surface area contributed by atoms with Crippen molar-refractivity contribution < 1.29 is 62.6 Å².